The number of nitrogens with zero attached hydrogens (tertiary/aromatic N) is 3. The maximum atomic E-state index is 13.8. The van der Waals surface area contributed by atoms with Gasteiger partial charge in [-0.1, -0.05) is 6.07 Å². The van der Waals surface area contributed by atoms with E-state index in [-0.39, 0.29) is 24.1 Å². The van der Waals surface area contributed by atoms with E-state index in [4.69, 9.17) is 0 Å². The first-order valence-corrected chi connectivity index (χ1v) is 7.97. The highest BCUT2D eigenvalue weighted by Crippen LogP contribution is 2.18. The molecule has 7 heteroatoms. The van der Waals surface area contributed by atoms with Gasteiger partial charge in [0.1, 0.15) is 17.3 Å². The second-order valence-electron chi connectivity index (χ2n) is 6.17. The van der Waals surface area contributed by atoms with Crippen LogP contribution in [-0.2, 0) is 13.6 Å². The lowest BCUT2D eigenvalue weighted by Gasteiger charge is -2.33. The van der Waals surface area contributed by atoms with Gasteiger partial charge in [-0.2, -0.15) is 0 Å². The topological polar surface area (TPSA) is 50.2 Å². The van der Waals surface area contributed by atoms with Crippen molar-refractivity contribution in [3.8, 4) is 0 Å². The van der Waals surface area contributed by atoms with Gasteiger partial charge in [-0.3, -0.25) is 9.69 Å². The monoisotopic (exact) mass is 334 g/mol. The van der Waals surface area contributed by atoms with Crippen LogP contribution in [0.25, 0.3) is 0 Å². The van der Waals surface area contributed by atoms with Gasteiger partial charge in [-0.15, -0.1) is 0 Å². The Hall–Kier alpha value is -2.28. The molecule has 1 atom stereocenters. The molecule has 1 fully saturated rings. The largest absolute Gasteiger partial charge is 0.347 e. The molecule has 0 saturated carbocycles. The van der Waals surface area contributed by atoms with Gasteiger partial charge in [-0.25, -0.2) is 13.8 Å². The van der Waals surface area contributed by atoms with Crippen molar-refractivity contribution in [2.45, 2.75) is 25.4 Å². The van der Waals surface area contributed by atoms with Gasteiger partial charge < -0.3 is 9.88 Å². The maximum Gasteiger partial charge on any atom is 0.271 e. The molecule has 1 saturated heterocycles. The lowest BCUT2D eigenvalue weighted by molar-refractivity contribution is 0.0895. The standard InChI is InChI=1S/C17H20F2N4O/c1-22-10-16(20-11-22)17(24)21-12-4-3-7-23(8-12)9-13-14(18)5-2-6-15(13)19/h2,5-6,10-12H,3-4,7-9H2,1H3,(H,21,24)/t12-/m0/s1. The van der Waals surface area contributed by atoms with Crippen molar-refractivity contribution < 1.29 is 13.6 Å². The summed E-state index contributed by atoms with van der Waals surface area (Å²) >= 11 is 0. The minimum Gasteiger partial charge on any atom is -0.347 e. The first-order chi connectivity index (χ1) is 11.5. The molecule has 5 nitrogen and oxygen atoms in total. The molecule has 24 heavy (non-hydrogen) atoms. The van der Waals surface area contributed by atoms with Crippen molar-refractivity contribution in [3.05, 3.63) is 53.6 Å². The van der Waals surface area contributed by atoms with Gasteiger partial charge in [0, 0.05) is 37.9 Å². The zero-order valence-electron chi connectivity index (χ0n) is 13.5. The van der Waals surface area contributed by atoms with E-state index in [9.17, 15) is 13.6 Å². The van der Waals surface area contributed by atoms with Crippen LogP contribution in [0.15, 0.2) is 30.7 Å². The predicted octanol–water partition coefficient (Wildman–Crippen LogP) is 2.09. The number of nitrogens with one attached hydrogen (secondary N) is 1. The Labute approximate surface area is 139 Å². The zero-order chi connectivity index (χ0) is 17.1. The third-order valence-electron chi connectivity index (χ3n) is 4.22. The Kier molecular flexibility index (Phi) is 4.89. The molecule has 0 unspecified atom stereocenters. The smallest absolute Gasteiger partial charge is 0.271 e. The Morgan fingerprint density at radius 2 is 2.12 bits per heavy atom. The molecule has 3 rings (SSSR count). The normalized spacial score (nSPS) is 18.5. The summed E-state index contributed by atoms with van der Waals surface area (Å²) in [6, 6.07) is 3.84. The van der Waals surface area contributed by atoms with Crippen molar-refractivity contribution in [3.63, 3.8) is 0 Å². The minimum atomic E-state index is -0.533. The fraction of sp³-hybridized carbons (Fsp3) is 0.412. The van der Waals surface area contributed by atoms with Crippen LogP contribution in [0.1, 0.15) is 28.9 Å². The number of piperidine rings is 1. The molecule has 1 aromatic carbocycles. The second-order valence-corrected chi connectivity index (χ2v) is 6.17. The van der Waals surface area contributed by atoms with E-state index in [1.165, 1.54) is 18.2 Å². The van der Waals surface area contributed by atoms with Gasteiger partial charge in [0.05, 0.1) is 6.33 Å². The number of carbonyl (C=O) groups is 1. The number of halogens is 2. The second kappa shape index (κ2) is 7.09. The number of hydrogen-bond acceptors (Lipinski definition) is 3. The predicted molar refractivity (Wildman–Crippen MR) is 85.3 cm³/mol. The van der Waals surface area contributed by atoms with E-state index < -0.39 is 11.6 Å². The number of benzene rings is 1. The highest BCUT2D eigenvalue weighted by Gasteiger charge is 2.24. The Balaban J connectivity index is 1.61. The molecule has 0 spiro atoms. The number of imidazole rings is 1. The van der Waals surface area contributed by atoms with E-state index >= 15 is 0 Å². The van der Waals surface area contributed by atoms with Crippen LogP contribution < -0.4 is 5.32 Å². The summed E-state index contributed by atoms with van der Waals surface area (Å²) in [4.78, 5) is 18.2. The number of aromatic nitrogens is 2. The molecule has 2 heterocycles. The Bertz CT molecular complexity index is 711. The molecule has 1 N–H and O–H groups in total. The van der Waals surface area contributed by atoms with Crippen molar-refractivity contribution in [1.82, 2.24) is 19.8 Å². The number of rotatable bonds is 4. The summed E-state index contributed by atoms with van der Waals surface area (Å²) < 4.78 is 29.3. The van der Waals surface area contributed by atoms with Crippen molar-refractivity contribution in [2.24, 2.45) is 7.05 Å². The van der Waals surface area contributed by atoms with Crippen LogP contribution in [0.5, 0.6) is 0 Å². The SMILES string of the molecule is Cn1cnc(C(=O)N[C@H]2CCCN(Cc3c(F)cccc3F)C2)c1. The van der Waals surface area contributed by atoms with E-state index in [0.717, 1.165) is 19.4 Å². The average Bonchev–Trinajstić information content (AvgIpc) is 2.98. The van der Waals surface area contributed by atoms with Crippen molar-refractivity contribution in [1.29, 1.82) is 0 Å². The average molecular weight is 334 g/mol. The molecular weight excluding hydrogens is 314 g/mol. The fourth-order valence-electron chi connectivity index (χ4n) is 3.01. The number of hydrogen-bond donors (Lipinski definition) is 1. The van der Waals surface area contributed by atoms with Gasteiger partial charge in [0.25, 0.3) is 5.91 Å². The van der Waals surface area contributed by atoms with Crippen LogP contribution >= 0.6 is 0 Å². The summed E-state index contributed by atoms with van der Waals surface area (Å²) in [5, 5.41) is 2.95. The van der Waals surface area contributed by atoms with Gasteiger partial charge >= 0.3 is 0 Å². The fourth-order valence-corrected chi connectivity index (χ4v) is 3.01. The van der Waals surface area contributed by atoms with Crippen molar-refractivity contribution in [2.75, 3.05) is 13.1 Å². The molecule has 2 aromatic rings. The number of carbonyl (C=O) groups excluding carboxylic acids is 1. The summed E-state index contributed by atoms with van der Waals surface area (Å²) in [6.07, 6.45) is 4.94. The van der Waals surface area contributed by atoms with E-state index in [1.807, 2.05) is 4.90 Å². The molecule has 0 radical (unpaired) electrons. The lowest BCUT2D eigenvalue weighted by atomic mass is 10.0. The van der Waals surface area contributed by atoms with E-state index in [1.54, 1.807) is 24.1 Å². The Morgan fingerprint density at radius 3 is 2.79 bits per heavy atom. The lowest BCUT2D eigenvalue weighted by Crippen LogP contribution is -2.47. The first-order valence-electron chi connectivity index (χ1n) is 7.97. The molecule has 1 aromatic heterocycles. The van der Waals surface area contributed by atoms with Crippen LogP contribution in [0, 0.1) is 11.6 Å². The minimum absolute atomic E-state index is 0.0527. The molecular formula is C17H20F2N4O. The first kappa shape index (κ1) is 16.6. The van der Waals surface area contributed by atoms with Crippen molar-refractivity contribution >= 4 is 5.91 Å². The van der Waals surface area contributed by atoms with Crippen LogP contribution in [0.3, 0.4) is 0 Å². The number of aryl methyl sites for hydroxylation is 1. The molecule has 0 aliphatic carbocycles. The zero-order valence-corrected chi connectivity index (χ0v) is 13.5. The molecule has 1 aliphatic rings. The molecule has 0 bridgehead atoms. The van der Waals surface area contributed by atoms with E-state index in [0.29, 0.717) is 12.2 Å². The van der Waals surface area contributed by atoms with Crippen LogP contribution in [0.2, 0.25) is 0 Å². The Morgan fingerprint density at radius 1 is 1.38 bits per heavy atom. The molecule has 1 amide bonds. The maximum absolute atomic E-state index is 13.8. The van der Waals surface area contributed by atoms with Gasteiger partial charge in [-0.05, 0) is 31.5 Å². The summed E-state index contributed by atoms with van der Waals surface area (Å²) in [5.74, 6) is -1.29. The number of likely N-dealkylation sites (tertiary alicyclic amines) is 1. The number of amides is 1. The molecule has 1 aliphatic heterocycles. The van der Waals surface area contributed by atoms with E-state index in [2.05, 4.69) is 10.3 Å². The quantitative estimate of drug-likeness (QED) is 0.931. The van der Waals surface area contributed by atoms with Gasteiger partial charge in [0.2, 0.25) is 0 Å². The van der Waals surface area contributed by atoms with Crippen LogP contribution in [-0.4, -0.2) is 39.5 Å². The third-order valence-corrected chi connectivity index (χ3v) is 4.22. The molecule has 128 valence electrons. The van der Waals surface area contributed by atoms with Gasteiger partial charge in [0.15, 0.2) is 0 Å². The highest BCUT2D eigenvalue weighted by molar-refractivity contribution is 5.92. The third kappa shape index (κ3) is 3.79. The van der Waals surface area contributed by atoms with Crippen LogP contribution in [0.4, 0.5) is 8.78 Å². The summed E-state index contributed by atoms with van der Waals surface area (Å²) in [5.41, 5.74) is 0.448. The summed E-state index contributed by atoms with van der Waals surface area (Å²) in [6.45, 7) is 1.52. The highest BCUT2D eigenvalue weighted by atomic mass is 19.1. The summed E-state index contributed by atoms with van der Waals surface area (Å²) in [7, 11) is 1.80.